The molecule has 2 heterocycles. The Morgan fingerprint density at radius 2 is 2.18 bits per heavy atom. The summed E-state index contributed by atoms with van der Waals surface area (Å²) >= 11 is 0. The zero-order valence-corrected chi connectivity index (χ0v) is 12.7. The fraction of sp³-hybridized carbons (Fsp3) is 0.467. The third-order valence-electron chi connectivity index (χ3n) is 4.15. The predicted octanol–water partition coefficient (Wildman–Crippen LogP) is 0.800. The first kappa shape index (κ1) is 14.5. The van der Waals surface area contributed by atoms with Crippen molar-refractivity contribution in [1.29, 1.82) is 0 Å². The highest BCUT2D eigenvalue weighted by Crippen LogP contribution is 2.21. The van der Waals surface area contributed by atoms with E-state index in [-0.39, 0.29) is 18.5 Å². The summed E-state index contributed by atoms with van der Waals surface area (Å²) in [6.45, 7) is 2.09. The van der Waals surface area contributed by atoms with Crippen molar-refractivity contribution in [3.8, 4) is 0 Å². The van der Waals surface area contributed by atoms with Gasteiger partial charge in [-0.1, -0.05) is 18.2 Å². The van der Waals surface area contributed by atoms with Crippen LogP contribution in [0.1, 0.15) is 12.8 Å². The first-order chi connectivity index (χ1) is 10.7. The molecule has 22 heavy (non-hydrogen) atoms. The van der Waals surface area contributed by atoms with Gasteiger partial charge in [0.05, 0.1) is 0 Å². The van der Waals surface area contributed by atoms with Crippen molar-refractivity contribution in [3.05, 3.63) is 36.7 Å². The molecule has 1 aliphatic heterocycles. The maximum Gasteiger partial charge on any atom is 0.244 e. The normalized spacial score (nSPS) is 18.2. The maximum atomic E-state index is 12.3. The summed E-state index contributed by atoms with van der Waals surface area (Å²) in [6, 6.07) is 10.6. The van der Waals surface area contributed by atoms with E-state index in [0.29, 0.717) is 0 Å². The lowest BCUT2D eigenvalue weighted by Gasteiger charge is -2.38. The number of carbonyl (C=O) groups excluding carboxylic acids is 1. The van der Waals surface area contributed by atoms with Crippen molar-refractivity contribution in [1.82, 2.24) is 25.1 Å². The molecule has 0 spiro atoms. The molecule has 1 unspecified atom stereocenters. The van der Waals surface area contributed by atoms with E-state index < -0.39 is 0 Å². The highest BCUT2D eigenvalue weighted by atomic mass is 16.2. The van der Waals surface area contributed by atoms with Crippen LogP contribution in [0, 0.1) is 0 Å². The first-order valence-electron chi connectivity index (χ1n) is 7.50. The van der Waals surface area contributed by atoms with E-state index in [1.807, 2.05) is 30.1 Å². The van der Waals surface area contributed by atoms with E-state index in [1.165, 1.54) is 16.7 Å². The minimum absolute atomic E-state index is 0.0345. The van der Waals surface area contributed by atoms with Crippen LogP contribution in [-0.4, -0.2) is 57.2 Å². The maximum absolute atomic E-state index is 12.3. The zero-order valence-electron chi connectivity index (χ0n) is 12.7. The number of piperidine rings is 1. The van der Waals surface area contributed by atoms with Gasteiger partial charge in [-0.3, -0.25) is 4.79 Å². The van der Waals surface area contributed by atoms with Crippen LogP contribution < -0.4 is 4.90 Å². The summed E-state index contributed by atoms with van der Waals surface area (Å²) in [5, 5.41) is 10.8. The van der Waals surface area contributed by atoms with Gasteiger partial charge in [0.2, 0.25) is 5.91 Å². The summed E-state index contributed by atoms with van der Waals surface area (Å²) in [5.74, 6) is 0.0345. The molecule has 1 atom stereocenters. The number of hydrogen-bond acceptors (Lipinski definition) is 5. The molecule has 1 saturated heterocycles. The molecular weight excluding hydrogens is 280 g/mol. The molecule has 7 nitrogen and oxygen atoms in total. The second-order valence-electron chi connectivity index (χ2n) is 5.59. The number of benzene rings is 1. The number of rotatable bonds is 4. The Kier molecular flexibility index (Phi) is 4.32. The Morgan fingerprint density at radius 3 is 2.91 bits per heavy atom. The number of aromatic nitrogens is 4. The van der Waals surface area contributed by atoms with Gasteiger partial charge in [0.1, 0.15) is 12.9 Å². The van der Waals surface area contributed by atoms with Crippen molar-refractivity contribution in [3.63, 3.8) is 0 Å². The number of likely N-dealkylation sites (N-methyl/N-ethyl adjacent to an activating group) is 1. The van der Waals surface area contributed by atoms with Crippen molar-refractivity contribution < 1.29 is 4.79 Å². The quantitative estimate of drug-likeness (QED) is 0.835. The molecule has 1 fully saturated rings. The molecule has 1 aromatic carbocycles. The largest absolute Gasteiger partial charge is 0.369 e. The third-order valence-corrected chi connectivity index (χ3v) is 4.15. The van der Waals surface area contributed by atoms with Gasteiger partial charge in [-0.05, 0) is 35.4 Å². The van der Waals surface area contributed by atoms with Crippen LogP contribution in [0.15, 0.2) is 36.7 Å². The Bertz CT molecular complexity index is 600. The molecule has 1 aromatic heterocycles. The first-order valence-corrected chi connectivity index (χ1v) is 7.50. The van der Waals surface area contributed by atoms with Crippen molar-refractivity contribution in [2.24, 2.45) is 0 Å². The molecule has 0 N–H and O–H groups in total. The third kappa shape index (κ3) is 3.24. The molecule has 116 valence electrons. The molecule has 0 bridgehead atoms. The fourth-order valence-electron chi connectivity index (χ4n) is 2.85. The lowest BCUT2D eigenvalue weighted by Crippen LogP contribution is -2.49. The molecular formula is C15H20N6O. The molecule has 7 heteroatoms. The molecule has 0 saturated carbocycles. The zero-order chi connectivity index (χ0) is 15.4. The molecule has 1 aliphatic rings. The fourth-order valence-corrected chi connectivity index (χ4v) is 2.85. The summed E-state index contributed by atoms with van der Waals surface area (Å²) in [4.78, 5) is 16.5. The Morgan fingerprint density at radius 1 is 1.36 bits per heavy atom. The summed E-state index contributed by atoms with van der Waals surface area (Å²) in [7, 11) is 1.87. The molecule has 1 amide bonds. The van der Waals surface area contributed by atoms with Crippen LogP contribution in [0.3, 0.4) is 0 Å². The second kappa shape index (κ2) is 6.55. The molecule has 0 radical (unpaired) electrons. The average molecular weight is 300 g/mol. The van der Waals surface area contributed by atoms with Crippen molar-refractivity contribution in [2.75, 3.05) is 25.0 Å². The van der Waals surface area contributed by atoms with E-state index in [9.17, 15) is 4.79 Å². The van der Waals surface area contributed by atoms with Crippen LogP contribution in [0.2, 0.25) is 0 Å². The van der Waals surface area contributed by atoms with Gasteiger partial charge in [-0.15, -0.1) is 5.10 Å². The average Bonchev–Trinajstić information content (AvgIpc) is 3.08. The summed E-state index contributed by atoms with van der Waals surface area (Å²) in [6.07, 6.45) is 3.58. The Hall–Kier alpha value is -2.44. The number of tetrazole rings is 1. The van der Waals surface area contributed by atoms with Crippen LogP contribution in [-0.2, 0) is 11.3 Å². The number of para-hydroxylation sites is 1. The highest BCUT2D eigenvalue weighted by Gasteiger charge is 2.26. The molecule has 0 aliphatic carbocycles. The predicted molar refractivity (Wildman–Crippen MR) is 82.3 cm³/mol. The summed E-state index contributed by atoms with van der Waals surface area (Å²) < 4.78 is 1.45. The number of amides is 1. The van der Waals surface area contributed by atoms with Gasteiger partial charge in [0, 0.05) is 31.9 Å². The van der Waals surface area contributed by atoms with E-state index in [2.05, 4.69) is 32.6 Å². The monoisotopic (exact) mass is 300 g/mol. The van der Waals surface area contributed by atoms with E-state index in [1.54, 1.807) is 0 Å². The number of anilines is 1. The smallest absolute Gasteiger partial charge is 0.244 e. The number of hydrogen-bond donors (Lipinski definition) is 0. The lowest BCUT2D eigenvalue weighted by atomic mass is 10.0. The van der Waals surface area contributed by atoms with Gasteiger partial charge < -0.3 is 9.80 Å². The van der Waals surface area contributed by atoms with Crippen LogP contribution in [0.4, 0.5) is 5.69 Å². The lowest BCUT2D eigenvalue weighted by molar-refractivity contribution is -0.133. The van der Waals surface area contributed by atoms with Crippen LogP contribution in [0.5, 0.6) is 0 Å². The minimum Gasteiger partial charge on any atom is -0.369 e. The van der Waals surface area contributed by atoms with Crippen molar-refractivity contribution >= 4 is 11.6 Å². The minimum atomic E-state index is 0.0345. The number of nitrogens with zero attached hydrogens (tertiary/aromatic N) is 6. The van der Waals surface area contributed by atoms with Gasteiger partial charge in [-0.25, -0.2) is 4.68 Å². The Labute approximate surface area is 129 Å². The Balaban J connectivity index is 1.62. The second-order valence-corrected chi connectivity index (χ2v) is 5.59. The standard InChI is InChI=1S/C15H20N6O/c1-19(15(22)11-21-12-16-17-18-21)14-8-5-9-20(10-14)13-6-3-2-4-7-13/h2-4,6-7,12,14H,5,8-11H2,1H3. The van der Waals surface area contributed by atoms with E-state index in [0.717, 1.165) is 25.9 Å². The van der Waals surface area contributed by atoms with Crippen LogP contribution >= 0.6 is 0 Å². The van der Waals surface area contributed by atoms with Crippen LogP contribution in [0.25, 0.3) is 0 Å². The van der Waals surface area contributed by atoms with Crippen molar-refractivity contribution in [2.45, 2.75) is 25.4 Å². The highest BCUT2D eigenvalue weighted by molar-refractivity contribution is 5.76. The number of carbonyl (C=O) groups is 1. The molecule has 3 rings (SSSR count). The molecule has 2 aromatic rings. The van der Waals surface area contributed by atoms with E-state index >= 15 is 0 Å². The SMILES string of the molecule is CN(C(=O)Cn1cnnn1)C1CCCN(c2ccccc2)C1. The van der Waals surface area contributed by atoms with Gasteiger partial charge in [0.15, 0.2) is 0 Å². The topological polar surface area (TPSA) is 67.2 Å². The van der Waals surface area contributed by atoms with Gasteiger partial charge >= 0.3 is 0 Å². The van der Waals surface area contributed by atoms with E-state index in [4.69, 9.17) is 0 Å². The van der Waals surface area contributed by atoms with Gasteiger partial charge in [-0.2, -0.15) is 0 Å². The summed E-state index contributed by atoms with van der Waals surface area (Å²) in [5.41, 5.74) is 1.22. The van der Waals surface area contributed by atoms with Gasteiger partial charge in [0.25, 0.3) is 0 Å².